The van der Waals surface area contributed by atoms with Crippen molar-refractivity contribution >= 4 is 17.7 Å². The summed E-state index contributed by atoms with van der Waals surface area (Å²) in [5, 5.41) is 0. The monoisotopic (exact) mass is 949 g/mol. The zero-order valence-corrected chi connectivity index (χ0v) is 44.7. The molecule has 380 valence electrons. The number of ketones is 1. The molecule has 10 nitrogen and oxygen atoms in total. The number of rotatable bonds is 14. The van der Waals surface area contributed by atoms with Crippen LogP contribution in [-0.2, 0) is 35.1 Å². The van der Waals surface area contributed by atoms with E-state index in [1.165, 1.54) is 12.0 Å². The molecule has 1 aromatic heterocycles. The van der Waals surface area contributed by atoms with E-state index in [9.17, 15) is 9.59 Å². The lowest BCUT2D eigenvalue weighted by atomic mass is 9.32. The molecular formula is C59H88N4O6. The van der Waals surface area contributed by atoms with Crippen molar-refractivity contribution in [2.45, 2.75) is 164 Å². The minimum absolute atomic E-state index is 0.0656. The number of likely N-dealkylation sites (N-methyl/N-ethyl adjacent to an activating group) is 1. The molecule has 0 N–H and O–H groups in total. The summed E-state index contributed by atoms with van der Waals surface area (Å²) in [6.07, 6.45) is 13.7. The van der Waals surface area contributed by atoms with Crippen LogP contribution in [0.5, 0.6) is 0 Å². The summed E-state index contributed by atoms with van der Waals surface area (Å²) >= 11 is 0. The molecule has 1 aliphatic heterocycles. The summed E-state index contributed by atoms with van der Waals surface area (Å²) in [5.41, 5.74) is 2.56. The van der Waals surface area contributed by atoms with Gasteiger partial charge in [-0.05, 0) is 150 Å². The van der Waals surface area contributed by atoms with Gasteiger partial charge in [0.2, 0.25) is 5.91 Å². The van der Waals surface area contributed by atoms with Crippen molar-refractivity contribution < 1.29 is 28.6 Å². The van der Waals surface area contributed by atoms with Crippen LogP contribution in [0.15, 0.2) is 48.7 Å². The van der Waals surface area contributed by atoms with E-state index < -0.39 is 5.41 Å². The number of amides is 1. The average molecular weight is 949 g/mol. The summed E-state index contributed by atoms with van der Waals surface area (Å²) in [6.45, 7) is 28.7. The first-order valence-corrected chi connectivity index (χ1v) is 27.1. The van der Waals surface area contributed by atoms with Crippen LogP contribution in [0.3, 0.4) is 0 Å². The second-order valence-electron chi connectivity index (χ2n) is 25.9. The summed E-state index contributed by atoms with van der Waals surface area (Å²) < 4.78 is 20.9. The quantitative estimate of drug-likeness (QED) is 0.105. The Hall–Kier alpha value is -3.34. The van der Waals surface area contributed by atoms with Crippen LogP contribution >= 0.6 is 0 Å². The summed E-state index contributed by atoms with van der Waals surface area (Å²) in [6, 6.07) is 10.3. The second-order valence-corrected chi connectivity index (χ2v) is 25.9. The molecule has 1 aromatic carbocycles. The number of esters is 1. The molecule has 7 aliphatic rings. The predicted octanol–water partition coefficient (Wildman–Crippen LogP) is 11.2. The first-order valence-electron chi connectivity index (χ1n) is 27.1. The Morgan fingerprint density at radius 1 is 0.812 bits per heavy atom. The number of Topliss-reactive ketones (excluding diaryl/α,β-unsaturated/α-hetero) is 1. The van der Waals surface area contributed by atoms with Gasteiger partial charge in [0.05, 0.1) is 42.4 Å². The van der Waals surface area contributed by atoms with Crippen LogP contribution in [0, 0.1) is 73.9 Å². The summed E-state index contributed by atoms with van der Waals surface area (Å²) in [5.74, 6) is 3.01. The van der Waals surface area contributed by atoms with Crippen molar-refractivity contribution in [3.63, 3.8) is 0 Å². The van der Waals surface area contributed by atoms with Gasteiger partial charge in [0.25, 0.3) is 0 Å². The Balaban J connectivity index is 1.01. The Morgan fingerprint density at radius 3 is 2.22 bits per heavy atom. The lowest BCUT2D eigenvalue weighted by molar-refractivity contribution is -0.251. The molecule has 1 amide bonds. The van der Waals surface area contributed by atoms with Gasteiger partial charge in [0, 0.05) is 56.3 Å². The highest BCUT2D eigenvalue weighted by molar-refractivity contribution is 5.86. The van der Waals surface area contributed by atoms with Crippen molar-refractivity contribution in [1.29, 1.82) is 0 Å². The maximum atomic E-state index is 16.3. The molecule has 6 saturated carbocycles. The van der Waals surface area contributed by atoms with E-state index in [2.05, 4.69) is 114 Å². The van der Waals surface area contributed by atoms with Crippen molar-refractivity contribution in [1.82, 2.24) is 19.4 Å². The third kappa shape index (κ3) is 8.04. The number of allylic oxidation sites excluding steroid dienone is 1. The highest BCUT2D eigenvalue weighted by atomic mass is 16.5. The molecule has 10 heteroatoms. The number of hydrogen-bond acceptors (Lipinski definition) is 8. The highest BCUT2D eigenvalue weighted by Crippen LogP contribution is 2.78. The van der Waals surface area contributed by atoms with Crippen LogP contribution in [-0.4, -0.2) is 96.7 Å². The summed E-state index contributed by atoms with van der Waals surface area (Å²) in [7, 11) is 5.94. The Labute approximate surface area is 415 Å². The zero-order chi connectivity index (χ0) is 49.6. The molecule has 2 aromatic rings. The number of nitrogens with zero attached hydrogens (tertiary/aromatic N) is 4. The van der Waals surface area contributed by atoms with E-state index in [1.54, 1.807) is 14.0 Å². The maximum absolute atomic E-state index is 16.3. The maximum Gasteiger partial charge on any atom is 0.309 e. The highest BCUT2D eigenvalue weighted by Gasteiger charge is 2.73. The van der Waals surface area contributed by atoms with Crippen LogP contribution in [0.1, 0.15) is 151 Å². The summed E-state index contributed by atoms with van der Waals surface area (Å²) in [4.78, 5) is 52.5. The second kappa shape index (κ2) is 18.3. The van der Waals surface area contributed by atoms with E-state index >= 15 is 4.79 Å². The minimum atomic E-state index is -0.468. The van der Waals surface area contributed by atoms with Gasteiger partial charge in [0.1, 0.15) is 17.7 Å². The minimum Gasteiger partial charge on any atom is -0.462 e. The normalized spacial score (nSPS) is 39.7. The zero-order valence-electron chi connectivity index (χ0n) is 44.7. The van der Waals surface area contributed by atoms with E-state index in [4.69, 9.17) is 25.8 Å². The van der Waals surface area contributed by atoms with Crippen LogP contribution in [0.4, 0.5) is 0 Å². The Morgan fingerprint density at radius 2 is 1.55 bits per heavy atom. The van der Waals surface area contributed by atoms with Gasteiger partial charge >= 0.3 is 5.97 Å². The molecule has 7 fully saturated rings. The van der Waals surface area contributed by atoms with Crippen molar-refractivity contribution in [2.75, 3.05) is 47.5 Å². The largest absolute Gasteiger partial charge is 0.462 e. The number of methoxy groups -OCH3 is 1. The molecule has 14 atom stereocenters. The smallest absolute Gasteiger partial charge is 0.309 e. The predicted molar refractivity (Wildman–Crippen MR) is 272 cm³/mol. The number of likely N-dealkylation sites (tertiary alicyclic amines) is 1. The number of imidazole rings is 1. The van der Waals surface area contributed by atoms with Crippen LogP contribution in [0.2, 0.25) is 0 Å². The SMILES string of the molecule is C=C(C)[C@@H]1CC[C@]2(C(=O)N3C[C@H](OCCOC)C[C@H]3c3nc(-c4ccccc4)cn3CCN(C)C)CC[C@]3(C)[C@H](CC[C@@H]4[C@@]5(C)CC[C@H](OC(=O)[C@H]6C[C@@H](C(C)=O)C6(C)C)C(C)(C)[C@@H]5CC[C@]43C)[C@@H]12. The first-order chi connectivity index (χ1) is 32.5. The number of hydrogen-bond donors (Lipinski definition) is 0. The van der Waals surface area contributed by atoms with Gasteiger partial charge in [-0.2, -0.15) is 0 Å². The van der Waals surface area contributed by atoms with Crippen molar-refractivity contribution in [3.05, 3.63) is 54.5 Å². The van der Waals surface area contributed by atoms with Gasteiger partial charge in [0.15, 0.2) is 0 Å². The number of benzene rings is 1. The van der Waals surface area contributed by atoms with Gasteiger partial charge in [-0.15, -0.1) is 0 Å². The number of ether oxygens (including phenoxy) is 3. The van der Waals surface area contributed by atoms with Gasteiger partial charge in [-0.25, -0.2) is 4.98 Å². The molecule has 6 aliphatic carbocycles. The molecule has 69 heavy (non-hydrogen) atoms. The number of aromatic nitrogens is 2. The molecular weight excluding hydrogens is 861 g/mol. The fraction of sp³-hybridized carbons (Fsp3) is 0.763. The molecule has 0 radical (unpaired) electrons. The number of carbonyl (C=O) groups is 3. The third-order valence-electron chi connectivity index (χ3n) is 21.9. The number of carbonyl (C=O) groups excluding carboxylic acids is 3. The van der Waals surface area contributed by atoms with Gasteiger partial charge in [-0.3, -0.25) is 14.4 Å². The van der Waals surface area contributed by atoms with Crippen LogP contribution < -0.4 is 0 Å². The van der Waals surface area contributed by atoms with E-state index in [0.29, 0.717) is 62.2 Å². The Bertz CT molecular complexity index is 2270. The van der Waals surface area contributed by atoms with E-state index in [0.717, 1.165) is 88.0 Å². The molecule has 0 unspecified atom stereocenters. The Kier molecular flexibility index (Phi) is 13.4. The van der Waals surface area contributed by atoms with E-state index in [-0.39, 0.29) is 74.8 Å². The van der Waals surface area contributed by atoms with Gasteiger partial charge in [-0.1, -0.05) is 91.0 Å². The van der Waals surface area contributed by atoms with Crippen LogP contribution in [0.25, 0.3) is 11.3 Å². The average Bonchev–Trinajstić information content (AvgIpc) is 4.03. The topological polar surface area (TPSA) is 103 Å². The third-order valence-corrected chi connectivity index (χ3v) is 21.9. The molecule has 0 bridgehead atoms. The van der Waals surface area contributed by atoms with Gasteiger partial charge < -0.3 is 28.6 Å². The van der Waals surface area contributed by atoms with Crippen molar-refractivity contribution in [2.24, 2.45) is 73.9 Å². The number of fused-ring (bicyclic) bond motifs is 7. The lowest BCUT2D eigenvalue weighted by Gasteiger charge is -2.73. The molecule has 9 rings (SSSR count). The molecule has 2 heterocycles. The molecule has 1 saturated heterocycles. The first kappa shape index (κ1) is 50.6. The fourth-order valence-corrected chi connectivity index (χ4v) is 17.8. The lowest BCUT2D eigenvalue weighted by Crippen LogP contribution is -2.67. The van der Waals surface area contributed by atoms with Crippen molar-refractivity contribution in [3.8, 4) is 11.3 Å². The molecule has 0 spiro atoms. The fourth-order valence-electron chi connectivity index (χ4n) is 17.8. The van der Waals surface area contributed by atoms with E-state index in [1.807, 2.05) is 6.07 Å². The standard InChI is InChI=1S/C59H88N4O6/c1-37(2)41-21-26-59(53(66)63-35-40(68-32-31-67-13)33-46(63)51-60-45(39-17-15-14-16-18-39)36-62(51)30-29-61(11)12)28-27-57(9)42(50(41)59)19-20-48-56(8)24-23-49(55(6,7)47(56)22-25-58(48,57)10)69-52(65)44-34-43(38(3)64)54(44,4)5/h14-18,36,40-44,46-50H,1,19-35H2,2-13H3/t40-,41+,42-,43+,44-,46+,47+,48-,49+,50-,56+,57-,58-,59+/m1/s1.